The van der Waals surface area contributed by atoms with Crippen molar-refractivity contribution in [1.29, 1.82) is 0 Å². The van der Waals surface area contributed by atoms with E-state index in [1.54, 1.807) is 4.52 Å². The number of ether oxygens (including phenoxy) is 1. The molecule has 0 aromatic carbocycles. The van der Waals surface area contributed by atoms with Crippen LogP contribution in [0.15, 0.2) is 18.2 Å². The van der Waals surface area contributed by atoms with E-state index in [0.29, 0.717) is 6.54 Å². The second kappa shape index (κ2) is 3.84. The average Bonchev–Trinajstić information content (AvgIpc) is 2.96. The highest BCUT2D eigenvalue weighted by molar-refractivity contribution is 5.39. The maximum absolute atomic E-state index is 5.66. The molecular weight excluding hydrogens is 204 g/mol. The SMILES string of the molecule is NCc1cccc2nc(C3CCCO3)nn12. The lowest BCUT2D eigenvalue weighted by Crippen LogP contribution is -2.05. The fourth-order valence-corrected chi connectivity index (χ4v) is 2.05. The van der Waals surface area contributed by atoms with E-state index in [-0.39, 0.29) is 6.10 Å². The molecule has 0 spiro atoms. The number of nitrogens with two attached hydrogens (primary N) is 1. The van der Waals surface area contributed by atoms with Gasteiger partial charge in [0.15, 0.2) is 11.5 Å². The van der Waals surface area contributed by atoms with Crippen LogP contribution in [0, 0.1) is 0 Å². The average molecular weight is 218 g/mol. The molecule has 0 radical (unpaired) electrons. The Balaban J connectivity index is 2.07. The second-order valence-electron chi connectivity index (χ2n) is 3.96. The second-order valence-corrected chi connectivity index (χ2v) is 3.96. The maximum Gasteiger partial charge on any atom is 0.180 e. The molecule has 1 saturated heterocycles. The van der Waals surface area contributed by atoms with Gasteiger partial charge in [-0.3, -0.25) is 0 Å². The first-order valence-corrected chi connectivity index (χ1v) is 5.55. The van der Waals surface area contributed by atoms with Crippen LogP contribution in [0.25, 0.3) is 5.65 Å². The molecule has 2 aromatic rings. The number of hydrogen-bond acceptors (Lipinski definition) is 4. The summed E-state index contributed by atoms with van der Waals surface area (Å²) in [5.74, 6) is 0.776. The molecule has 0 amide bonds. The van der Waals surface area contributed by atoms with Crippen molar-refractivity contribution < 1.29 is 4.74 Å². The molecular formula is C11H14N4O. The summed E-state index contributed by atoms with van der Waals surface area (Å²) in [6.45, 7) is 1.27. The van der Waals surface area contributed by atoms with Crippen LogP contribution < -0.4 is 5.73 Å². The van der Waals surface area contributed by atoms with Crippen molar-refractivity contribution in [1.82, 2.24) is 14.6 Å². The number of fused-ring (bicyclic) bond motifs is 1. The van der Waals surface area contributed by atoms with Gasteiger partial charge in [-0.25, -0.2) is 9.50 Å². The molecule has 1 fully saturated rings. The monoisotopic (exact) mass is 218 g/mol. The first-order chi connectivity index (χ1) is 7.88. The predicted octanol–water partition coefficient (Wildman–Crippen LogP) is 1.04. The topological polar surface area (TPSA) is 65.4 Å². The smallest absolute Gasteiger partial charge is 0.180 e. The minimum absolute atomic E-state index is 0.0607. The summed E-state index contributed by atoms with van der Waals surface area (Å²) in [6.07, 6.45) is 2.16. The minimum Gasteiger partial charge on any atom is -0.370 e. The largest absolute Gasteiger partial charge is 0.370 e. The van der Waals surface area contributed by atoms with Crippen LogP contribution in [-0.2, 0) is 11.3 Å². The highest BCUT2D eigenvalue weighted by Gasteiger charge is 2.22. The Labute approximate surface area is 93.2 Å². The van der Waals surface area contributed by atoms with Gasteiger partial charge in [0.05, 0.1) is 5.69 Å². The molecule has 5 heteroatoms. The van der Waals surface area contributed by atoms with Crippen LogP contribution in [0.4, 0.5) is 0 Å². The zero-order valence-corrected chi connectivity index (χ0v) is 8.97. The molecule has 16 heavy (non-hydrogen) atoms. The molecule has 0 saturated carbocycles. The molecule has 5 nitrogen and oxygen atoms in total. The van der Waals surface area contributed by atoms with Crippen molar-refractivity contribution in [2.24, 2.45) is 5.73 Å². The summed E-state index contributed by atoms with van der Waals surface area (Å²) in [6, 6.07) is 5.84. The lowest BCUT2D eigenvalue weighted by molar-refractivity contribution is 0.105. The van der Waals surface area contributed by atoms with E-state index in [1.165, 1.54) is 0 Å². The maximum atomic E-state index is 5.66. The Hall–Kier alpha value is -1.46. The Morgan fingerprint density at radius 3 is 3.19 bits per heavy atom. The summed E-state index contributed by atoms with van der Waals surface area (Å²) in [7, 11) is 0. The van der Waals surface area contributed by atoms with Crippen molar-refractivity contribution in [3.8, 4) is 0 Å². The zero-order chi connectivity index (χ0) is 11.0. The normalized spacial score (nSPS) is 20.7. The Kier molecular flexibility index (Phi) is 2.34. The van der Waals surface area contributed by atoms with Crippen molar-refractivity contribution in [3.63, 3.8) is 0 Å². The van der Waals surface area contributed by atoms with Gasteiger partial charge in [-0.05, 0) is 25.0 Å². The van der Waals surface area contributed by atoms with E-state index in [4.69, 9.17) is 10.5 Å². The van der Waals surface area contributed by atoms with E-state index in [9.17, 15) is 0 Å². The highest BCUT2D eigenvalue weighted by atomic mass is 16.5. The summed E-state index contributed by atoms with van der Waals surface area (Å²) in [5.41, 5.74) is 7.47. The van der Waals surface area contributed by atoms with Gasteiger partial charge in [0.1, 0.15) is 6.10 Å². The Morgan fingerprint density at radius 1 is 1.50 bits per heavy atom. The third kappa shape index (κ3) is 1.48. The van der Waals surface area contributed by atoms with Crippen molar-refractivity contribution in [2.45, 2.75) is 25.5 Å². The molecule has 1 aliphatic heterocycles. The van der Waals surface area contributed by atoms with Crippen LogP contribution in [0.2, 0.25) is 0 Å². The zero-order valence-electron chi connectivity index (χ0n) is 8.97. The lowest BCUT2D eigenvalue weighted by atomic mass is 10.2. The summed E-state index contributed by atoms with van der Waals surface area (Å²) in [4.78, 5) is 4.47. The molecule has 0 bridgehead atoms. The van der Waals surface area contributed by atoms with E-state index in [0.717, 1.165) is 36.6 Å². The number of aromatic nitrogens is 3. The number of nitrogens with zero attached hydrogens (tertiary/aromatic N) is 3. The Morgan fingerprint density at radius 2 is 2.44 bits per heavy atom. The van der Waals surface area contributed by atoms with Gasteiger partial charge in [-0.15, -0.1) is 5.10 Å². The minimum atomic E-state index is 0.0607. The van der Waals surface area contributed by atoms with E-state index in [2.05, 4.69) is 10.1 Å². The van der Waals surface area contributed by atoms with Crippen molar-refractivity contribution >= 4 is 5.65 Å². The van der Waals surface area contributed by atoms with Crippen LogP contribution in [0.1, 0.15) is 30.5 Å². The molecule has 1 atom stereocenters. The number of hydrogen-bond donors (Lipinski definition) is 1. The summed E-state index contributed by atoms with van der Waals surface area (Å²) >= 11 is 0. The third-order valence-corrected chi connectivity index (χ3v) is 2.88. The molecule has 1 unspecified atom stereocenters. The van der Waals surface area contributed by atoms with Gasteiger partial charge in [-0.2, -0.15) is 0 Å². The molecule has 3 heterocycles. The highest BCUT2D eigenvalue weighted by Crippen LogP contribution is 2.26. The fourth-order valence-electron chi connectivity index (χ4n) is 2.05. The first-order valence-electron chi connectivity index (χ1n) is 5.55. The molecule has 0 aliphatic carbocycles. The molecule has 3 rings (SSSR count). The summed E-state index contributed by atoms with van der Waals surface area (Å²) < 4.78 is 7.38. The molecule has 2 N–H and O–H groups in total. The van der Waals surface area contributed by atoms with Gasteiger partial charge in [-0.1, -0.05) is 6.07 Å². The van der Waals surface area contributed by atoms with Crippen LogP contribution in [0.5, 0.6) is 0 Å². The molecule has 1 aliphatic rings. The van der Waals surface area contributed by atoms with E-state index < -0.39 is 0 Å². The van der Waals surface area contributed by atoms with Crippen LogP contribution in [0.3, 0.4) is 0 Å². The fraction of sp³-hybridized carbons (Fsp3) is 0.455. The summed E-state index contributed by atoms with van der Waals surface area (Å²) in [5, 5.41) is 4.47. The molecule has 84 valence electrons. The van der Waals surface area contributed by atoms with Crippen LogP contribution >= 0.6 is 0 Å². The predicted molar refractivity (Wildman–Crippen MR) is 58.8 cm³/mol. The Bertz CT molecular complexity index is 502. The van der Waals surface area contributed by atoms with E-state index in [1.807, 2.05) is 18.2 Å². The van der Waals surface area contributed by atoms with Gasteiger partial charge >= 0.3 is 0 Å². The van der Waals surface area contributed by atoms with E-state index >= 15 is 0 Å². The standard InChI is InChI=1S/C11H14N4O/c12-7-8-3-1-5-10-13-11(14-15(8)10)9-4-2-6-16-9/h1,3,5,9H,2,4,6-7,12H2. The van der Waals surface area contributed by atoms with Gasteiger partial charge < -0.3 is 10.5 Å². The van der Waals surface area contributed by atoms with Gasteiger partial charge in [0.2, 0.25) is 0 Å². The van der Waals surface area contributed by atoms with Crippen molar-refractivity contribution in [2.75, 3.05) is 6.61 Å². The third-order valence-electron chi connectivity index (χ3n) is 2.88. The molecule has 2 aromatic heterocycles. The lowest BCUT2D eigenvalue weighted by Gasteiger charge is -2.02. The number of rotatable bonds is 2. The first kappa shape index (κ1) is 9.74. The van der Waals surface area contributed by atoms with Gasteiger partial charge in [0.25, 0.3) is 0 Å². The van der Waals surface area contributed by atoms with Crippen LogP contribution in [-0.4, -0.2) is 21.2 Å². The quantitative estimate of drug-likeness (QED) is 0.818. The van der Waals surface area contributed by atoms with Gasteiger partial charge in [0, 0.05) is 13.2 Å². The number of pyridine rings is 1. The van der Waals surface area contributed by atoms with Crippen molar-refractivity contribution in [3.05, 3.63) is 29.7 Å².